The minimum absolute atomic E-state index is 0.320. The van der Waals surface area contributed by atoms with Crippen molar-refractivity contribution in [1.82, 2.24) is 15.8 Å². The topological polar surface area (TPSA) is 71.1 Å². The zero-order chi connectivity index (χ0) is 13.8. The van der Waals surface area contributed by atoms with Crippen LogP contribution in [0.2, 0.25) is 0 Å². The van der Waals surface area contributed by atoms with Gasteiger partial charge in [0, 0.05) is 22.1 Å². The Labute approximate surface area is 114 Å². The van der Waals surface area contributed by atoms with Crippen molar-refractivity contribution in [3.63, 3.8) is 0 Å². The molecule has 2 aromatic rings. The number of hydrogen-bond acceptors (Lipinski definition) is 4. The van der Waals surface area contributed by atoms with Crippen LogP contribution in [0.3, 0.4) is 0 Å². The highest BCUT2D eigenvalue weighted by Gasteiger charge is 2.13. The fourth-order valence-corrected chi connectivity index (χ4v) is 2.53. The smallest absolute Gasteiger partial charge is 0.267 e. The zero-order valence-corrected chi connectivity index (χ0v) is 11.4. The fraction of sp³-hybridized carbons (Fsp3) is 0.154. The van der Waals surface area contributed by atoms with Crippen LogP contribution in [0.4, 0.5) is 0 Å². The minimum atomic E-state index is -0.397. The molecule has 0 aliphatic heterocycles. The number of amides is 2. The first kappa shape index (κ1) is 13.2. The van der Waals surface area contributed by atoms with Gasteiger partial charge in [-0.05, 0) is 32.0 Å². The molecule has 0 bridgehead atoms. The summed E-state index contributed by atoms with van der Waals surface area (Å²) in [5.41, 5.74) is 5.72. The largest absolute Gasteiger partial charge is 0.271 e. The summed E-state index contributed by atoms with van der Waals surface area (Å²) in [5, 5.41) is 0. The molecule has 0 radical (unpaired) electrons. The molecule has 19 heavy (non-hydrogen) atoms. The number of carbonyl (C=O) groups is 2. The van der Waals surface area contributed by atoms with E-state index < -0.39 is 5.91 Å². The lowest BCUT2D eigenvalue weighted by atomic mass is 10.2. The molecule has 2 amide bonds. The van der Waals surface area contributed by atoms with Crippen molar-refractivity contribution in [1.29, 1.82) is 0 Å². The maximum Gasteiger partial charge on any atom is 0.271 e. The van der Waals surface area contributed by atoms with Crippen LogP contribution in [-0.2, 0) is 0 Å². The fourth-order valence-electron chi connectivity index (χ4n) is 1.61. The normalized spacial score (nSPS) is 10.0. The number of thiophene rings is 1. The molecular weight excluding hydrogens is 262 g/mol. The molecule has 0 aliphatic carbocycles. The van der Waals surface area contributed by atoms with Crippen molar-refractivity contribution in [2.75, 3.05) is 0 Å². The molecule has 98 valence electrons. The Balaban J connectivity index is 1.98. The number of rotatable bonds is 2. The van der Waals surface area contributed by atoms with Gasteiger partial charge in [0.1, 0.15) is 0 Å². The summed E-state index contributed by atoms with van der Waals surface area (Å²) >= 11 is 1.54. The first-order chi connectivity index (χ1) is 9.08. The van der Waals surface area contributed by atoms with Crippen LogP contribution >= 0.6 is 11.3 Å². The molecule has 0 spiro atoms. The second kappa shape index (κ2) is 5.62. The Bertz CT molecular complexity index is 608. The van der Waals surface area contributed by atoms with E-state index in [4.69, 9.17) is 0 Å². The molecular formula is C13H13N3O2S. The second-order valence-electron chi connectivity index (χ2n) is 3.98. The summed E-state index contributed by atoms with van der Waals surface area (Å²) in [4.78, 5) is 29.4. The van der Waals surface area contributed by atoms with Crippen LogP contribution in [0.25, 0.3) is 0 Å². The summed E-state index contributed by atoms with van der Waals surface area (Å²) in [6.07, 6.45) is 3.01. The van der Waals surface area contributed by atoms with Gasteiger partial charge in [-0.3, -0.25) is 25.4 Å². The third-order valence-corrected chi connectivity index (χ3v) is 3.46. The van der Waals surface area contributed by atoms with Crippen LogP contribution in [0.5, 0.6) is 0 Å². The molecule has 2 rings (SSSR count). The molecule has 2 N–H and O–H groups in total. The lowest BCUT2D eigenvalue weighted by Crippen LogP contribution is -2.41. The average Bonchev–Trinajstić information content (AvgIpc) is 2.75. The van der Waals surface area contributed by atoms with Crippen molar-refractivity contribution < 1.29 is 9.59 Å². The molecule has 0 unspecified atom stereocenters. The van der Waals surface area contributed by atoms with Crippen molar-refractivity contribution >= 4 is 23.2 Å². The first-order valence-electron chi connectivity index (χ1n) is 5.65. The van der Waals surface area contributed by atoms with E-state index in [2.05, 4.69) is 15.8 Å². The van der Waals surface area contributed by atoms with E-state index in [-0.39, 0.29) is 5.91 Å². The maximum absolute atomic E-state index is 11.9. The van der Waals surface area contributed by atoms with Gasteiger partial charge in [0.25, 0.3) is 11.8 Å². The van der Waals surface area contributed by atoms with Gasteiger partial charge in [-0.2, -0.15) is 0 Å². The number of carbonyl (C=O) groups excluding carboxylic acids is 2. The van der Waals surface area contributed by atoms with Gasteiger partial charge in [0.2, 0.25) is 0 Å². The van der Waals surface area contributed by atoms with Gasteiger partial charge in [-0.1, -0.05) is 0 Å². The number of hydrogen-bond donors (Lipinski definition) is 2. The van der Waals surface area contributed by atoms with E-state index in [1.54, 1.807) is 35.7 Å². The molecule has 0 saturated heterocycles. The number of nitrogens with one attached hydrogen (secondary N) is 2. The van der Waals surface area contributed by atoms with Crippen LogP contribution in [-0.4, -0.2) is 16.8 Å². The molecule has 2 aromatic heterocycles. The van der Waals surface area contributed by atoms with Gasteiger partial charge in [0.05, 0.1) is 11.1 Å². The highest BCUT2D eigenvalue weighted by atomic mass is 32.1. The highest BCUT2D eigenvalue weighted by Crippen LogP contribution is 2.20. The van der Waals surface area contributed by atoms with Gasteiger partial charge in [-0.15, -0.1) is 11.3 Å². The monoisotopic (exact) mass is 275 g/mol. The summed E-state index contributed by atoms with van der Waals surface area (Å²) < 4.78 is 0. The minimum Gasteiger partial charge on any atom is -0.267 e. The Morgan fingerprint density at radius 2 is 1.95 bits per heavy atom. The van der Waals surface area contributed by atoms with E-state index in [0.29, 0.717) is 11.1 Å². The van der Waals surface area contributed by atoms with Crippen molar-refractivity contribution in [2.24, 2.45) is 0 Å². The zero-order valence-electron chi connectivity index (χ0n) is 10.6. The van der Waals surface area contributed by atoms with Crippen LogP contribution in [0.1, 0.15) is 30.5 Å². The molecule has 0 fully saturated rings. The predicted molar refractivity (Wildman–Crippen MR) is 73.0 cm³/mol. The standard InChI is InChI=1S/C13H13N3O2S/c1-8-6-11(9(2)19-8)13(18)16-15-12(17)10-4-3-5-14-7-10/h3-7H,1-2H3,(H,15,17)(H,16,18). The lowest BCUT2D eigenvalue weighted by Gasteiger charge is -2.06. The molecule has 5 nitrogen and oxygen atoms in total. The third-order valence-electron chi connectivity index (χ3n) is 2.50. The summed E-state index contributed by atoms with van der Waals surface area (Å²) in [6, 6.07) is 5.07. The predicted octanol–water partition coefficient (Wildman–Crippen LogP) is 1.83. The average molecular weight is 275 g/mol. The Hall–Kier alpha value is -2.21. The third kappa shape index (κ3) is 3.17. The van der Waals surface area contributed by atoms with E-state index in [1.807, 2.05) is 13.8 Å². The maximum atomic E-state index is 11.9. The van der Waals surface area contributed by atoms with Crippen LogP contribution < -0.4 is 10.9 Å². The lowest BCUT2D eigenvalue weighted by molar-refractivity contribution is 0.0846. The van der Waals surface area contributed by atoms with E-state index in [9.17, 15) is 9.59 Å². The molecule has 6 heteroatoms. The van der Waals surface area contributed by atoms with E-state index in [0.717, 1.165) is 9.75 Å². The van der Waals surface area contributed by atoms with Gasteiger partial charge in [0.15, 0.2) is 0 Å². The van der Waals surface area contributed by atoms with E-state index >= 15 is 0 Å². The van der Waals surface area contributed by atoms with Crippen LogP contribution in [0, 0.1) is 13.8 Å². The molecule has 0 saturated carbocycles. The van der Waals surface area contributed by atoms with Crippen LogP contribution in [0.15, 0.2) is 30.6 Å². The summed E-state index contributed by atoms with van der Waals surface area (Å²) in [7, 11) is 0. The molecule has 2 heterocycles. The molecule has 0 aromatic carbocycles. The Kier molecular flexibility index (Phi) is 3.91. The van der Waals surface area contributed by atoms with Crippen molar-refractivity contribution in [2.45, 2.75) is 13.8 Å². The summed E-state index contributed by atoms with van der Waals surface area (Å²) in [5.74, 6) is -0.717. The molecule has 0 atom stereocenters. The molecule has 0 aliphatic rings. The Morgan fingerprint density at radius 3 is 2.53 bits per heavy atom. The SMILES string of the molecule is Cc1cc(C(=O)NNC(=O)c2cccnc2)c(C)s1. The van der Waals surface area contributed by atoms with E-state index in [1.165, 1.54) is 6.20 Å². The van der Waals surface area contributed by atoms with Crippen molar-refractivity contribution in [3.8, 4) is 0 Å². The highest BCUT2D eigenvalue weighted by molar-refractivity contribution is 7.12. The van der Waals surface area contributed by atoms with Gasteiger partial charge < -0.3 is 0 Å². The number of nitrogens with zero attached hydrogens (tertiary/aromatic N) is 1. The second-order valence-corrected chi connectivity index (χ2v) is 5.44. The number of pyridine rings is 1. The number of aryl methyl sites for hydroxylation is 2. The summed E-state index contributed by atoms with van der Waals surface area (Å²) in [6.45, 7) is 3.80. The number of hydrazine groups is 1. The van der Waals surface area contributed by atoms with Gasteiger partial charge >= 0.3 is 0 Å². The van der Waals surface area contributed by atoms with Crippen molar-refractivity contribution in [3.05, 3.63) is 51.5 Å². The number of aromatic nitrogens is 1. The first-order valence-corrected chi connectivity index (χ1v) is 6.47. The van der Waals surface area contributed by atoms with Gasteiger partial charge in [-0.25, -0.2) is 0 Å². The quantitative estimate of drug-likeness (QED) is 0.821. The Morgan fingerprint density at radius 1 is 1.21 bits per heavy atom.